The van der Waals surface area contributed by atoms with Gasteiger partial charge in [-0.25, -0.2) is 5.43 Å². The van der Waals surface area contributed by atoms with Crippen molar-refractivity contribution < 1.29 is 9.59 Å². The largest absolute Gasteiger partial charge is 0.329 e. The van der Waals surface area contributed by atoms with Gasteiger partial charge in [-0.15, -0.1) is 0 Å². The molecule has 3 aromatic rings. The standard InChI is InChI=1S/C19H15N3O2/c23-18(19(24)22-20-13-14-7-2-1-3-8-14)21-17-12-6-10-15-9-4-5-11-16(15)17/h1-13H,(H,21,23)(H,22,24)/b20-13+. The Morgan fingerprint density at radius 2 is 1.50 bits per heavy atom. The Balaban J connectivity index is 1.66. The van der Waals surface area contributed by atoms with E-state index < -0.39 is 11.8 Å². The number of carbonyl (C=O) groups excluding carboxylic acids is 2. The van der Waals surface area contributed by atoms with Gasteiger partial charge in [0.05, 0.1) is 6.21 Å². The maximum atomic E-state index is 12.0. The molecule has 0 saturated heterocycles. The van der Waals surface area contributed by atoms with E-state index >= 15 is 0 Å². The van der Waals surface area contributed by atoms with Crippen molar-refractivity contribution >= 4 is 34.5 Å². The van der Waals surface area contributed by atoms with E-state index in [0.717, 1.165) is 16.3 Å². The Morgan fingerprint density at radius 1 is 0.792 bits per heavy atom. The van der Waals surface area contributed by atoms with Gasteiger partial charge in [0, 0.05) is 11.1 Å². The lowest BCUT2D eigenvalue weighted by molar-refractivity contribution is -0.136. The molecule has 0 spiro atoms. The first kappa shape index (κ1) is 15.4. The van der Waals surface area contributed by atoms with Gasteiger partial charge in [-0.2, -0.15) is 5.10 Å². The summed E-state index contributed by atoms with van der Waals surface area (Å²) in [5.41, 5.74) is 3.63. The van der Waals surface area contributed by atoms with Gasteiger partial charge in [0.15, 0.2) is 0 Å². The number of nitrogens with one attached hydrogen (secondary N) is 2. The van der Waals surface area contributed by atoms with Crippen LogP contribution in [0.3, 0.4) is 0 Å². The van der Waals surface area contributed by atoms with Gasteiger partial charge < -0.3 is 5.32 Å². The lowest BCUT2D eigenvalue weighted by Gasteiger charge is -2.07. The molecule has 3 aromatic carbocycles. The zero-order chi connectivity index (χ0) is 16.8. The number of amides is 2. The molecule has 0 unspecified atom stereocenters. The highest BCUT2D eigenvalue weighted by Crippen LogP contribution is 2.22. The fourth-order valence-corrected chi connectivity index (χ4v) is 2.27. The number of fused-ring (bicyclic) bond motifs is 1. The van der Waals surface area contributed by atoms with Crippen LogP contribution < -0.4 is 10.7 Å². The van der Waals surface area contributed by atoms with E-state index in [0.29, 0.717) is 5.69 Å². The molecule has 0 atom stereocenters. The van der Waals surface area contributed by atoms with Gasteiger partial charge in [-0.3, -0.25) is 9.59 Å². The van der Waals surface area contributed by atoms with Crippen LogP contribution in [0, 0.1) is 0 Å². The molecular formula is C19H15N3O2. The summed E-state index contributed by atoms with van der Waals surface area (Å²) in [6, 6.07) is 22.4. The Kier molecular flexibility index (Phi) is 4.62. The second-order valence-electron chi connectivity index (χ2n) is 5.09. The van der Waals surface area contributed by atoms with Crippen molar-refractivity contribution in [2.75, 3.05) is 5.32 Å². The second kappa shape index (κ2) is 7.19. The molecule has 0 aromatic heterocycles. The number of nitrogens with zero attached hydrogens (tertiary/aromatic N) is 1. The van der Waals surface area contributed by atoms with Crippen LogP contribution in [0.25, 0.3) is 10.8 Å². The van der Waals surface area contributed by atoms with Crippen LogP contribution >= 0.6 is 0 Å². The summed E-state index contributed by atoms with van der Waals surface area (Å²) in [6.45, 7) is 0. The highest BCUT2D eigenvalue weighted by atomic mass is 16.2. The van der Waals surface area contributed by atoms with Gasteiger partial charge in [0.2, 0.25) is 0 Å². The quantitative estimate of drug-likeness (QED) is 0.443. The molecule has 0 heterocycles. The molecule has 0 aliphatic carbocycles. The Labute approximate surface area is 139 Å². The molecule has 0 saturated carbocycles. The van der Waals surface area contributed by atoms with Crippen LogP contribution in [0.1, 0.15) is 5.56 Å². The first-order chi connectivity index (χ1) is 11.7. The molecule has 0 radical (unpaired) electrons. The third kappa shape index (κ3) is 3.64. The molecular weight excluding hydrogens is 302 g/mol. The SMILES string of the molecule is O=C(N/N=C/c1ccccc1)C(=O)Nc1cccc2ccccc12. The Hall–Kier alpha value is -3.47. The van der Waals surface area contributed by atoms with Crippen molar-refractivity contribution in [1.82, 2.24) is 5.43 Å². The van der Waals surface area contributed by atoms with Crippen LogP contribution in [0.4, 0.5) is 5.69 Å². The van der Waals surface area contributed by atoms with Crippen LogP contribution in [0.15, 0.2) is 77.9 Å². The lowest BCUT2D eigenvalue weighted by atomic mass is 10.1. The second-order valence-corrected chi connectivity index (χ2v) is 5.09. The van der Waals surface area contributed by atoms with Crippen molar-refractivity contribution in [2.45, 2.75) is 0 Å². The van der Waals surface area contributed by atoms with E-state index in [4.69, 9.17) is 0 Å². The molecule has 2 amide bonds. The topological polar surface area (TPSA) is 70.6 Å². The molecule has 2 N–H and O–H groups in total. The molecule has 0 bridgehead atoms. The van der Waals surface area contributed by atoms with E-state index in [-0.39, 0.29) is 0 Å². The van der Waals surface area contributed by atoms with E-state index in [2.05, 4.69) is 15.8 Å². The van der Waals surface area contributed by atoms with Gasteiger partial charge >= 0.3 is 11.8 Å². The van der Waals surface area contributed by atoms with Crippen molar-refractivity contribution in [1.29, 1.82) is 0 Å². The summed E-state index contributed by atoms with van der Waals surface area (Å²) in [6.07, 6.45) is 1.48. The fraction of sp³-hybridized carbons (Fsp3) is 0. The maximum absolute atomic E-state index is 12.0. The first-order valence-corrected chi connectivity index (χ1v) is 7.41. The summed E-state index contributed by atoms with van der Waals surface area (Å²) in [7, 11) is 0. The monoisotopic (exact) mass is 317 g/mol. The van der Waals surface area contributed by atoms with E-state index in [1.807, 2.05) is 66.7 Å². The van der Waals surface area contributed by atoms with Crippen LogP contribution in [-0.4, -0.2) is 18.0 Å². The molecule has 118 valence electrons. The average molecular weight is 317 g/mol. The molecule has 0 fully saturated rings. The molecule has 24 heavy (non-hydrogen) atoms. The van der Waals surface area contributed by atoms with Crippen molar-refractivity contribution in [3.05, 3.63) is 78.4 Å². The molecule has 5 nitrogen and oxygen atoms in total. The summed E-state index contributed by atoms with van der Waals surface area (Å²) in [5.74, 6) is -1.59. The Bertz CT molecular complexity index is 899. The molecule has 5 heteroatoms. The number of hydrazone groups is 1. The van der Waals surface area contributed by atoms with Gasteiger partial charge in [-0.1, -0.05) is 66.7 Å². The number of rotatable bonds is 3. The summed E-state index contributed by atoms with van der Waals surface area (Å²) < 4.78 is 0. The third-order valence-electron chi connectivity index (χ3n) is 3.42. The maximum Gasteiger partial charge on any atom is 0.329 e. The van der Waals surface area contributed by atoms with E-state index in [1.165, 1.54) is 6.21 Å². The molecule has 0 aliphatic rings. The van der Waals surface area contributed by atoms with Gasteiger partial charge in [0.1, 0.15) is 0 Å². The van der Waals surface area contributed by atoms with E-state index in [9.17, 15) is 9.59 Å². The smallest absolute Gasteiger partial charge is 0.317 e. The minimum Gasteiger partial charge on any atom is -0.317 e. The summed E-state index contributed by atoms with van der Waals surface area (Å²) >= 11 is 0. The van der Waals surface area contributed by atoms with Crippen molar-refractivity contribution in [2.24, 2.45) is 5.10 Å². The summed E-state index contributed by atoms with van der Waals surface area (Å²) in [5, 5.41) is 8.24. The highest BCUT2D eigenvalue weighted by molar-refractivity contribution is 6.40. The van der Waals surface area contributed by atoms with Crippen molar-refractivity contribution in [3.8, 4) is 0 Å². The van der Waals surface area contributed by atoms with E-state index in [1.54, 1.807) is 6.07 Å². The number of carbonyl (C=O) groups is 2. The minimum atomic E-state index is -0.824. The Morgan fingerprint density at radius 3 is 2.33 bits per heavy atom. The summed E-state index contributed by atoms with van der Waals surface area (Å²) in [4.78, 5) is 23.8. The van der Waals surface area contributed by atoms with Crippen LogP contribution in [0.2, 0.25) is 0 Å². The lowest BCUT2D eigenvalue weighted by Crippen LogP contribution is -2.32. The number of anilines is 1. The average Bonchev–Trinajstić information content (AvgIpc) is 2.63. The predicted molar refractivity (Wildman–Crippen MR) is 94.8 cm³/mol. The number of hydrogen-bond acceptors (Lipinski definition) is 3. The fourth-order valence-electron chi connectivity index (χ4n) is 2.27. The third-order valence-corrected chi connectivity index (χ3v) is 3.42. The van der Waals surface area contributed by atoms with Gasteiger partial charge in [-0.05, 0) is 17.0 Å². The molecule has 0 aliphatic heterocycles. The van der Waals surface area contributed by atoms with Crippen LogP contribution in [-0.2, 0) is 9.59 Å². The van der Waals surface area contributed by atoms with Crippen molar-refractivity contribution in [3.63, 3.8) is 0 Å². The zero-order valence-electron chi connectivity index (χ0n) is 12.8. The predicted octanol–water partition coefficient (Wildman–Crippen LogP) is 2.93. The van der Waals surface area contributed by atoms with Crippen LogP contribution in [0.5, 0.6) is 0 Å². The minimum absolute atomic E-state index is 0.584. The normalized spacial score (nSPS) is 10.7. The van der Waals surface area contributed by atoms with Gasteiger partial charge in [0.25, 0.3) is 0 Å². The number of hydrogen-bond donors (Lipinski definition) is 2. The zero-order valence-corrected chi connectivity index (χ0v) is 12.8. The number of benzene rings is 3. The molecule has 3 rings (SSSR count). The highest BCUT2D eigenvalue weighted by Gasteiger charge is 2.13. The first-order valence-electron chi connectivity index (χ1n) is 7.41.